The second-order valence-electron chi connectivity index (χ2n) is 5.68. The molecular weight excluding hydrogens is 430 g/mol. The van der Waals surface area contributed by atoms with E-state index >= 15 is 0 Å². The monoisotopic (exact) mass is 447 g/mol. The third-order valence-corrected chi connectivity index (χ3v) is 4.16. The van der Waals surface area contributed by atoms with Crippen LogP contribution in [0.2, 0.25) is 0 Å². The lowest BCUT2D eigenvalue weighted by Crippen LogP contribution is -2.42. The van der Waals surface area contributed by atoms with E-state index in [1.807, 2.05) is 0 Å². The molecule has 12 heteroatoms. The molecule has 2 N–H and O–H groups in total. The first kappa shape index (κ1) is 20.8. The quantitative estimate of drug-likeness (QED) is 0.479. The Hall–Kier alpha value is -2.47. The topological polar surface area (TPSA) is 149 Å². The number of ether oxygens (including phenoxy) is 4. The van der Waals surface area contributed by atoms with Gasteiger partial charge in [-0.05, 0) is 15.9 Å². The number of nitrogens with zero attached hydrogens (tertiary/aromatic N) is 2. The highest BCUT2D eigenvalue weighted by molar-refractivity contribution is 9.10. The number of nitrogen functional groups attached to an aromatic ring is 1. The van der Waals surface area contributed by atoms with Gasteiger partial charge in [0.1, 0.15) is 18.5 Å². The number of hydrogen-bond donors (Lipinski definition) is 1. The first-order valence-electron chi connectivity index (χ1n) is 7.77. The lowest BCUT2D eigenvalue weighted by atomic mass is 10.1. The number of anilines is 1. The number of carbonyl (C=O) groups is 3. The lowest BCUT2D eigenvalue weighted by molar-refractivity contribution is -0.166. The van der Waals surface area contributed by atoms with Crippen molar-refractivity contribution in [3.63, 3.8) is 0 Å². The smallest absolute Gasteiger partial charge is 0.351 e. The molecule has 1 aliphatic heterocycles. The number of rotatable bonds is 5. The largest absolute Gasteiger partial charge is 0.463 e. The van der Waals surface area contributed by atoms with Crippen LogP contribution < -0.4 is 11.4 Å². The van der Waals surface area contributed by atoms with Gasteiger partial charge >= 0.3 is 23.6 Å². The molecule has 0 aliphatic carbocycles. The Morgan fingerprint density at radius 3 is 2.33 bits per heavy atom. The Morgan fingerprint density at radius 2 is 1.78 bits per heavy atom. The van der Waals surface area contributed by atoms with E-state index in [2.05, 4.69) is 20.9 Å². The molecule has 1 aromatic heterocycles. The van der Waals surface area contributed by atoms with Crippen molar-refractivity contribution in [2.45, 2.75) is 45.3 Å². The molecule has 0 amide bonds. The zero-order valence-electron chi connectivity index (χ0n) is 14.7. The Morgan fingerprint density at radius 1 is 1.19 bits per heavy atom. The number of esters is 3. The predicted molar refractivity (Wildman–Crippen MR) is 92.3 cm³/mol. The van der Waals surface area contributed by atoms with Crippen molar-refractivity contribution < 1.29 is 33.3 Å². The van der Waals surface area contributed by atoms with E-state index in [1.165, 1.54) is 13.1 Å². The van der Waals surface area contributed by atoms with Crippen molar-refractivity contribution >= 4 is 39.7 Å². The molecule has 0 bridgehead atoms. The molecule has 27 heavy (non-hydrogen) atoms. The molecule has 1 saturated heterocycles. The first-order valence-corrected chi connectivity index (χ1v) is 8.57. The van der Waals surface area contributed by atoms with Gasteiger partial charge in [0.15, 0.2) is 18.4 Å². The van der Waals surface area contributed by atoms with Gasteiger partial charge in [0, 0.05) is 27.0 Å². The Labute approximate surface area is 161 Å². The summed E-state index contributed by atoms with van der Waals surface area (Å²) >= 11 is 3.15. The molecule has 11 nitrogen and oxygen atoms in total. The standard InChI is InChI=1S/C15H18BrN3O8/c1-6(20)24-5-10-11(25-7(2)21)12(26-8(3)22)14(27-10)19-4-9(16)13(17)18-15(19)23/h4,10-12,14H,5H2,1-3H3,(H2,17,18,23)/t10-,11+,12-,14-/m1/s1. The van der Waals surface area contributed by atoms with Crippen LogP contribution in [0.5, 0.6) is 0 Å². The van der Waals surface area contributed by atoms with Crippen molar-refractivity contribution in [2.75, 3.05) is 12.3 Å². The Balaban J connectivity index is 2.45. The van der Waals surface area contributed by atoms with Crippen LogP contribution in [0.4, 0.5) is 5.82 Å². The number of carbonyl (C=O) groups excluding carboxylic acids is 3. The Bertz CT molecular complexity index is 811. The van der Waals surface area contributed by atoms with Gasteiger partial charge in [-0.25, -0.2) is 4.79 Å². The predicted octanol–water partition coefficient (Wildman–Crippen LogP) is -0.0881. The van der Waals surface area contributed by atoms with E-state index in [-0.39, 0.29) is 12.4 Å². The molecule has 0 spiro atoms. The maximum atomic E-state index is 12.2. The third kappa shape index (κ3) is 5.04. The third-order valence-electron chi connectivity index (χ3n) is 3.55. The molecule has 2 rings (SSSR count). The fourth-order valence-corrected chi connectivity index (χ4v) is 2.87. The normalized spacial score (nSPS) is 24.3. The lowest BCUT2D eigenvalue weighted by Gasteiger charge is -2.24. The van der Waals surface area contributed by atoms with Crippen LogP contribution in [0.15, 0.2) is 15.5 Å². The minimum absolute atomic E-state index is 0.0358. The summed E-state index contributed by atoms with van der Waals surface area (Å²) in [5, 5.41) is 0. The minimum Gasteiger partial charge on any atom is -0.463 e. The molecule has 0 saturated carbocycles. The molecule has 1 aliphatic rings. The van der Waals surface area contributed by atoms with Gasteiger partial charge in [0.05, 0.1) is 4.47 Å². The van der Waals surface area contributed by atoms with E-state index in [0.717, 1.165) is 18.4 Å². The zero-order chi connectivity index (χ0) is 20.3. The van der Waals surface area contributed by atoms with Crippen LogP contribution in [-0.2, 0) is 33.3 Å². The second-order valence-corrected chi connectivity index (χ2v) is 6.53. The van der Waals surface area contributed by atoms with E-state index < -0.39 is 48.1 Å². The van der Waals surface area contributed by atoms with Gasteiger partial charge in [-0.1, -0.05) is 0 Å². The average Bonchev–Trinajstić information content (AvgIpc) is 2.85. The van der Waals surface area contributed by atoms with E-state index in [1.54, 1.807) is 0 Å². The highest BCUT2D eigenvalue weighted by Crippen LogP contribution is 2.34. The van der Waals surface area contributed by atoms with Crippen LogP contribution in [0.1, 0.15) is 27.0 Å². The minimum atomic E-state index is -1.18. The molecule has 2 heterocycles. The molecule has 1 aromatic rings. The van der Waals surface area contributed by atoms with Crippen molar-refractivity contribution in [1.29, 1.82) is 0 Å². The molecule has 0 radical (unpaired) electrons. The fraction of sp³-hybridized carbons (Fsp3) is 0.533. The molecule has 148 valence electrons. The van der Waals surface area contributed by atoms with Crippen LogP contribution in [0.3, 0.4) is 0 Å². The summed E-state index contributed by atoms with van der Waals surface area (Å²) < 4.78 is 22.4. The van der Waals surface area contributed by atoms with Crippen molar-refractivity contribution in [2.24, 2.45) is 0 Å². The van der Waals surface area contributed by atoms with Gasteiger partial charge in [0.2, 0.25) is 0 Å². The van der Waals surface area contributed by atoms with E-state index in [9.17, 15) is 19.2 Å². The number of aromatic nitrogens is 2. The SMILES string of the molecule is CC(=O)OC[C@H]1O[C@@H](n2cc(Br)c(N)nc2=O)[C@H](OC(C)=O)[C@H]1OC(C)=O. The summed E-state index contributed by atoms with van der Waals surface area (Å²) in [6, 6.07) is 0. The molecular formula is C15H18BrN3O8. The highest BCUT2D eigenvalue weighted by atomic mass is 79.9. The van der Waals surface area contributed by atoms with Crippen LogP contribution >= 0.6 is 15.9 Å². The summed E-state index contributed by atoms with van der Waals surface area (Å²) in [7, 11) is 0. The van der Waals surface area contributed by atoms with Gasteiger partial charge in [-0.15, -0.1) is 0 Å². The van der Waals surface area contributed by atoms with Crippen molar-refractivity contribution in [3.05, 3.63) is 21.2 Å². The van der Waals surface area contributed by atoms with Crippen LogP contribution in [0.25, 0.3) is 0 Å². The number of halogens is 1. The summed E-state index contributed by atoms with van der Waals surface area (Å²) in [4.78, 5) is 50.1. The number of nitrogens with two attached hydrogens (primary N) is 1. The summed E-state index contributed by atoms with van der Waals surface area (Å²) in [6.07, 6.45) is -3.14. The molecule has 0 aromatic carbocycles. The van der Waals surface area contributed by atoms with Gasteiger partial charge in [-0.2, -0.15) is 4.98 Å². The fourth-order valence-electron chi connectivity index (χ4n) is 2.56. The molecule has 4 atom stereocenters. The molecule has 0 unspecified atom stereocenters. The Kier molecular flexibility index (Phi) is 6.54. The summed E-state index contributed by atoms with van der Waals surface area (Å²) in [5.41, 5.74) is 4.81. The van der Waals surface area contributed by atoms with Crippen molar-refractivity contribution in [1.82, 2.24) is 9.55 Å². The van der Waals surface area contributed by atoms with Gasteiger partial charge < -0.3 is 24.7 Å². The average molecular weight is 448 g/mol. The van der Waals surface area contributed by atoms with Gasteiger partial charge in [-0.3, -0.25) is 19.0 Å². The van der Waals surface area contributed by atoms with E-state index in [4.69, 9.17) is 24.7 Å². The highest BCUT2D eigenvalue weighted by Gasteiger charge is 2.51. The maximum absolute atomic E-state index is 12.2. The van der Waals surface area contributed by atoms with Crippen LogP contribution in [-0.4, -0.2) is 52.4 Å². The van der Waals surface area contributed by atoms with Crippen molar-refractivity contribution in [3.8, 4) is 0 Å². The summed E-state index contributed by atoms with van der Waals surface area (Å²) in [6.45, 7) is 3.23. The zero-order valence-corrected chi connectivity index (χ0v) is 16.3. The first-order chi connectivity index (χ1) is 12.6. The van der Waals surface area contributed by atoms with E-state index in [0.29, 0.717) is 4.47 Å². The van der Waals surface area contributed by atoms with Gasteiger partial charge in [0.25, 0.3) is 0 Å². The molecule has 1 fully saturated rings. The second kappa shape index (κ2) is 8.48. The van der Waals surface area contributed by atoms with Crippen LogP contribution in [0, 0.1) is 0 Å². The summed E-state index contributed by atoms with van der Waals surface area (Å²) in [5.74, 6) is -1.97. The number of hydrogen-bond acceptors (Lipinski definition) is 10. The maximum Gasteiger partial charge on any atom is 0.351 e.